The second kappa shape index (κ2) is 9.07. The van der Waals surface area contributed by atoms with Gasteiger partial charge in [0.15, 0.2) is 0 Å². The number of nitrogens with one attached hydrogen (secondary N) is 2. The lowest BCUT2D eigenvalue weighted by Crippen LogP contribution is -2.47. The molecule has 2 rings (SSSR count). The average molecular weight is 390 g/mol. The van der Waals surface area contributed by atoms with Crippen molar-refractivity contribution in [1.29, 1.82) is 0 Å². The van der Waals surface area contributed by atoms with Crippen molar-refractivity contribution in [1.82, 2.24) is 5.32 Å². The van der Waals surface area contributed by atoms with Crippen LogP contribution < -0.4 is 10.6 Å². The van der Waals surface area contributed by atoms with Gasteiger partial charge in [-0.25, -0.2) is 13.6 Å². The van der Waals surface area contributed by atoms with Crippen LogP contribution in [0.25, 0.3) is 0 Å². The Morgan fingerprint density at radius 1 is 1.00 bits per heavy atom. The fourth-order valence-electron chi connectivity index (χ4n) is 2.52. The van der Waals surface area contributed by atoms with E-state index in [0.29, 0.717) is 5.69 Å². The third-order valence-electron chi connectivity index (χ3n) is 3.98. The molecule has 0 fully saturated rings. The number of rotatable bonds is 6. The zero-order chi connectivity index (χ0) is 20.8. The highest BCUT2D eigenvalue weighted by atomic mass is 19.1. The van der Waals surface area contributed by atoms with Gasteiger partial charge in [0.05, 0.1) is 12.7 Å². The number of hydrogen-bond acceptors (Lipinski definition) is 4. The Morgan fingerprint density at radius 2 is 1.61 bits per heavy atom. The summed E-state index contributed by atoms with van der Waals surface area (Å²) in [5.41, 5.74) is -0.211. The van der Waals surface area contributed by atoms with Gasteiger partial charge in [0.25, 0.3) is 5.91 Å². The van der Waals surface area contributed by atoms with Crippen LogP contribution >= 0.6 is 0 Å². The fraction of sp³-hybridized carbons (Fsp3) is 0.250. The highest BCUT2D eigenvalue weighted by molar-refractivity contribution is 6.02. The molecule has 0 aromatic heterocycles. The van der Waals surface area contributed by atoms with E-state index in [0.717, 1.165) is 18.2 Å². The summed E-state index contributed by atoms with van der Waals surface area (Å²) in [6, 6.07) is 8.04. The number of halogens is 2. The van der Waals surface area contributed by atoms with Crippen LogP contribution in [0.2, 0.25) is 0 Å². The van der Waals surface area contributed by atoms with Gasteiger partial charge >= 0.3 is 5.97 Å². The Balaban J connectivity index is 2.19. The molecule has 28 heavy (non-hydrogen) atoms. The largest absolute Gasteiger partial charge is 0.465 e. The number of carbonyl (C=O) groups is 3. The van der Waals surface area contributed by atoms with E-state index < -0.39 is 41.0 Å². The smallest absolute Gasteiger partial charge is 0.337 e. The van der Waals surface area contributed by atoms with Crippen LogP contribution in [0.3, 0.4) is 0 Å². The van der Waals surface area contributed by atoms with Gasteiger partial charge in [-0.05, 0) is 36.2 Å². The summed E-state index contributed by atoms with van der Waals surface area (Å²) in [6.07, 6.45) is 0. The van der Waals surface area contributed by atoms with E-state index in [1.54, 1.807) is 26.0 Å². The lowest BCUT2D eigenvalue weighted by Gasteiger charge is -2.22. The van der Waals surface area contributed by atoms with Crippen molar-refractivity contribution < 1.29 is 27.9 Å². The Kier molecular flexibility index (Phi) is 6.81. The molecule has 2 aromatic rings. The number of ether oxygens (including phenoxy) is 1. The Bertz CT molecular complexity index is 879. The first kappa shape index (κ1) is 21.0. The van der Waals surface area contributed by atoms with Crippen LogP contribution in [0.5, 0.6) is 0 Å². The molecule has 0 aliphatic heterocycles. The number of methoxy groups -OCH3 is 1. The molecule has 0 spiro atoms. The van der Waals surface area contributed by atoms with Crippen LogP contribution in [-0.4, -0.2) is 30.9 Å². The zero-order valence-electron chi connectivity index (χ0n) is 15.6. The van der Waals surface area contributed by atoms with E-state index in [-0.39, 0.29) is 11.5 Å². The minimum absolute atomic E-state index is 0.235. The summed E-state index contributed by atoms with van der Waals surface area (Å²) >= 11 is 0. The zero-order valence-corrected chi connectivity index (χ0v) is 15.6. The van der Waals surface area contributed by atoms with Gasteiger partial charge in [0, 0.05) is 5.69 Å². The molecule has 2 aromatic carbocycles. The van der Waals surface area contributed by atoms with Crippen LogP contribution in [0, 0.1) is 17.6 Å². The van der Waals surface area contributed by atoms with Crippen LogP contribution in [0.1, 0.15) is 34.6 Å². The van der Waals surface area contributed by atoms with Gasteiger partial charge in [-0.2, -0.15) is 0 Å². The van der Waals surface area contributed by atoms with Gasteiger partial charge in [0.2, 0.25) is 5.91 Å². The summed E-state index contributed by atoms with van der Waals surface area (Å²) in [5.74, 6) is -4.62. The quantitative estimate of drug-likeness (QED) is 0.742. The molecule has 148 valence electrons. The lowest BCUT2D eigenvalue weighted by molar-refractivity contribution is -0.118. The number of esters is 1. The molecule has 1 unspecified atom stereocenters. The highest BCUT2D eigenvalue weighted by Crippen LogP contribution is 2.16. The van der Waals surface area contributed by atoms with Crippen molar-refractivity contribution >= 4 is 23.5 Å². The second-order valence-corrected chi connectivity index (χ2v) is 6.35. The summed E-state index contributed by atoms with van der Waals surface area (Å²) in [4.78, 5) is 36.5. The predicted molar refractivity (Wildman–Crippen MR) is 98.9 cm³/mol. The summed E-state index contributed by atoms with van der Waals surface area (Å²) in [5, 5.41) is 4.94. The fourth-order valence-corrected chi connectivity index (χ4v) is 2.52. The van der Waals surface area contributed by atoms with E-state index in [1.807, 2.05) is 0 Å². The number of amides is 2. The molecule has 0 aliphatic carbocycles. The lowest BCUT2D eigenvalue weighted by atomic mass is 10.0. The van der Waals surface area contributed by atoms with Crippen LogP contribution in [0.4, 0.5) is 14.5 Å². The molecule has 8 heteroatoms. The molecule has 6 nitrogen and oxygen atoms in total. The molecule has 1 atom stereocenters. The Labute approximate surface area is 160 Å². The van der Waals surface area contributed by atoms with Gasteiger partial charge in [-0.1, -0.05) is 26.0 Å². The minimum Gasteiger partial charge on any atom is -0.465 e. The SMILES string of the molecule is COC(=O)c1cccc(NC(=O)C(NC(=O)c2c(F)cccc2F)C(C)C)c1. The molecule has 0 saturated carbocycles. The molecule has 2 N–H and O–H groups in total. The monoisotopic (exact) mass is 390 g/mol. The molecular weight excluding hydrogens is 370 g/mol. The average Bonchev–Trinajstić information content (AvgIpc) is 2.65. The Morgan fingerprint density at radius 3 is 2.18 bits per heavy atom. The minimum atomic E-state index is -1.06. The molecule has 0 heterocycles. The predicted octanol–water partition coefficient (Wildman–Crippen LogP) is 3.14. The third-order valence-corrected chi connectivity index (χ3v) is 3.98. The molecule has 0 aliphatic rings. The standard InChI is InChI=1S/C20H20F2N2O4/c1-11(2)17(24-18(25)16-14(21)8-5-9-15(16)22)19(26)23-13-7-4-6-12(10-13)20(27)28-3/h4-11,17H,1-3H3,(H,23,26)(H,24,25). The highest BCUT2D eigenvalue weighted by Gasteiger charge is 2.27. The van der Waals surface area contributed by atoms with Crippen molar-refractivity contribution in [3.63, 3.8) is 0 Å². The van der Waals surface area contributed by atoms with Crippen molar-refractivity contribution in [2.75, 3.05) is 12.4 Å². The molecule has 0 saturated heterocycles. The summed E-state index contributed by atoms with van der Waals surface area (Å²) in [6.45, 7) is 3.35. The third kappa shape index (κ3) is 4.91. The van der Waals surface area contributed by atoms with E-state index >= 15 is 0 Å². The van der Waals surface area contributed by atoms with Crippen molar-refractivity contribution in [3.8, 4) is 0 Å². The maximum atomic E-state index is 13.8. The molecule has 0 radical (unpaired) electrons. The number of benzene rings is 2. The van der Waals surface area contributed by atoms with Gasteiger partial charge in [-0.15, -0.1) is 0 Å². The number of hydrogen-bond donors (Lipinski definition) is 2. The van der Waals surface area contributed by atoms with Crippen molar-refractivity contribution in [2.24, 2.45) is 5.92 Å². The van der Waals surface area contributed by atoms with E-state index in [1.165, 1.54) is 19.2 Å². The van der Waals surface area contributed by atoms with E-state index in [2.05, 4.69) is 15.4 Å². The Hall–Kier alpha value is -3.29. The maximum Gasteiger partial charge on any atom is 0.337 e. The van der Waals surface area contributed by atoms with Crippen molar-refractivity contribution in [3.05, 3.63) is 65.2 Å². The first-order chi connectivity index (χ1) is 13.2. The van der Waals surface area contributed by atoms with Gasteiger partial charge in [-0.3, -0.25) is 9.59 Å². The molecule has 2 amide bonds. The first-order valence-corrected chi connectivity index (χ1v) is 8.48. The van der Waals surface area contributed by atoms with E-state index in [4.69, 9.17) is 0 Å². The van der Waals surface area contributed by atoms with Gasteiger partial charge in [0.1, 0.15) is 23.2 Å². The first-order valence-electron chi connectivity index (χ1n) is 8.48. The number of anilines is 1. The summed E-state index contributed by atoms with van der Waals surface area (Å²) in [7, 11) is 1.24. The maximum absolute atomic E-state index is 13.8. The normalized spacial score (nSPS) is 11.6. The second-order valence-electron chi connectivity index (χ2n) is 6.35. The molecule has 0 bridgehead atoms. The van der Waals surface area contributed by atoms with Crippen LogP contribution in [0.15, 0.2) is 42.5 Å². The number of carbonyl (C=O) groups excluding carboxylic acids is 3. The summed E-state index contributed by atoms with van der Waals surface area (Å²) < 4.78 is 32.2. The molecular formula is C20H20F2N2O4. The van der Waals surface area contributed by atoms with E-state index in [9.17, 15) is 23.2 Å². The topological polar surface area (TPSA) is 84.5 Å². The van der Waals surface area contributed by atoms with Crippen LogP contribution in [-0.2, 0) is 9.53 Å². The van der Waals surface area contributed by atoms with Gasteiger partial charge < -0.3 is 15.4 Å². The van der Waals surface area contributed by atoms with Crippen molar-refractivity contribution in [2.45, 2.75) is 19.9 Å².